The van der Waals surface area contributed by atoms with Crippen molar-refractivity contribution >= 4 is 11.7 Å². The number of carbonyl (C=O) groups is 1. The van der Waals surface area contributed by atoms with Crippen LogP contribution in [0.2, 0.25) is 0 Å². The highest BCUT2D eigenvalue weighted by atomic mass is 16.1. The zero-order chi connectivity index (χ0) is 14.7. The van der Waals surface area contributed by atoms with Crippen LogP contribution in [0.5, 0.6) is 0 Å². The van der Waals surface area contributed by atoms with E-state index in [9.17, 15) is 4.79 Å². The first-order valence-electron chi connectivity index (χ1n) is 7.08. The molecule has 110 valence electrons. The number of hydrogen-bond donors (Lipinski definition) is 1. The summed E-state index contributed by atoms with van der Waals surface area (Å²) in [4.78, 5) is 13.6. The Kier molecular flexibility index (Phi) is 3.81. The second-order valence-electron chi connectivity index (χ2n) is 5.06. The van der Waals surface area contributed by atoms with E-state index in [4.69, 9.17) is 0 Å². The third-order valence-electron chi connectivity index (χ3n) is 3.80. The number of nitrogens with zero attached hydrogens (tertiary/aromatic N) is 5. The van der Waals surface area contributed by atoms with Gasteiger partial charge < -0.3 is 10.2 Å². The van der Waals surface area contributed by atoms with E-state index in [-0.39, 0.29) is 5.91 Å². The van der Waals surface area contributed by atoms with Crippen LogP contribution in [0.1, 0.15) is 29.4 Å². The monoisotopic (exact) mass is 286 g/mol. The zero-order valence-corrected chi connectivity index (χ0v) is 11.9. The van der Waals surface area contributed by atoms with Crippen molar-refractivity contribution in [3.63, 3.8) is 0 Å². The average Bonchev–Trinajstić information content (AvgIpc) is 3.09. The van der Waals surface area contributed by atoms with Crippen molar-refractivity contribution in [3.8, 4) is 0 Å². The van der Waals surface area contributed by atoms with Crippen LogP contribution in [-0.4, -0.2) is 46.0 Å². The summed E-state index contributed by atoms with van der Waals surface area (Å²) < 4.78 is 2.03. The molecule has 2 aromatic rings. The third-order valence-corrected chi connectivity index (χ3v) is 3.80. The molecule has 0 atom stereocenters. The van der Waals surface area contributed by atoms with E-state index in [0.717, 1.165) is 31.7 Å². The lowest BCUT2D eigenvalue weighted by Gasteiger charge is -2.32. The van der Waals surface area contributed by atoms with E-state index in [1.54, 1.807) is 13.1 Å². The van der Waals surface area contributed by atoms with E-state index in [1.165, 1.54) is 0 Å². The fourth-order valence-electron chi connectivity index (χ4n) is 2.60. The van der Waals surface area contributed by atoms with E-state index < -0.39 is 0 Å². The smallest absolute Gasteiger partial charge is 0.271 e. The molecule has 0 aromatic carbocycles. The quantitative estimate of drug-likeness (QED) is 0.906. The Labute approximate surface area is 123 Å². The molecule has 3 rings (SSSR count). The van der Waals surface area contributed by atoms with Crippen molar-refractivity contribution in [3.05, 3.63) is 36.3 Å². The van der Waals surface area contributed by atoms with Crippen LogP contribution in [0.25, 0.3) is 0 Å². The van der Waals surface area contributed by atoms with Gasteiger partial charge in [0.25, 0.3) is 5.91 Å². The Morgan fingerprint density at radius 2 is 2.10 bits per heavy atom. The molecule has 1 N–H and O–H groups in total. The van der Waals surface area contributed by atoms with Crippen LogP contribution in [0.4, 0.5) is 5.82 Å². The predicted octanol–water partition coefficient (Wildman–Crippen LogP) is 0.874. The van der Waals surface area contributed by atoms with Gasteiger partial charge in [-0.25, -0.2) is 0 Å². The number of aromatic nitrogens is 4. The van der Waals surface area contributed by atoms with Gasteiger partial charge >= 0.3 is 0 Å². The number of nitrogens with one attached hydrogen (secondary N) is 1. The summed E-state index contributed by atoms with van der Waals surface area (Å²) in [6.07, 6.45) is 5.88. The van der Waals surface area contributed by atoms with Crippen molar-refractivity contribution in [2.75, 3.05) is 25.0 Å². The summed E-state index contributed by atoms with van der Waals surface area (Å²) in [5.41, 5.74) is 0.340. The van der Waals surface area contributed by atoms with Crippen molar-refractivity contribution in [1.29, 1.82) is 0 Å². The maximum absolute atomic E-state index is 11.4. The molecule has 0 spiro atoms. The fraction of sp³-hybridized carbons (Fsp3) is 0.429. The lowest BCUT2D eigenvalue weighted by atomic mass is 10.1. The molecular weight excluding hydrogens is 268 g/mol. The maximum atomic E-state index is 11.4. The normalized spacial score (nSPS) is 16.0. The van der Waals surface area contributed by atoms with Crippen LogP contribution < -0.4 is 10.2 Å². The molecule has 0 bridgehead atoms. The van der Waals surface area contributed by atoms with Gasteiger partial charge in [0.2, 0.25) is 0 Å². The number of piperidine rings is 1. The topological polar surface area (TPSA) is 75.9 Å². The largest absolute Gasteiger partial charge is 0.355 e. The fourth-order valence-corrected chi connectivity index (χ4v) is 2.60. The van der Waals surface area contributed by atoms with Crippen molar-refractivity contribution in [2.24, 2.45) is 0 Å². The molecule has 1 aliphatic heterocycles. The van der Waals surface area contributed by atoms with Gasteiger partial charge in [0.15, 0.2) is 11.5 Å². The van der Waals surface area contributed by atoms with Crippen LogP contribution in [0, 0.1) is 0 Å². The minimum atomic E-state index is -0.216. The first-order chi connectivity index (χ1) is 10.3. The Morgan fingerprint density at radius 1 is 1.29 bits per heavy atom. The highest BCUT2D eigenvalue weighted by molar-refractivity contribution is 5.91. The van der Waals surface area contributed by atoms with E-state index in [2.05, 4.69) is 25.5 Å². The molecule has 7 heteroatoms. The van der Waals surface area contributed by atoms with Crippen molar-refractivity contribution in [1.82, 2.24) is 25.3 Å². The number of carbonyl (C=O) groups excluding carboxylic acids is 1. The molecule has 1 fully saturated rings. The summed E-state index contributed by atoms with van der Waals surface area (Å²) in [5, 5.41) is 15.0. The Morgan fingerprint density at radius 3 is 2.67 bits per heavy atom. The molecule has 1 aliphatic rings. The lowest BCUT2D eigenvalue weighted by molar-refractivity contribution is 0.0957. The van der Waals surface area contributed by atoms with Gasteiger partial charge in [0.05, 0.1) is 6.04 Å². The van der Waals surface area contributed by atoms with Gasteiger partial charge in [-0.2, -0.15) is 5.10 Å². The zero-order valence-electron chi connectivity index (χ0n) is 11.9. The highest BCUT2D eigenvalue weighted by Crippen LogP contribution is 2.24. The minimum absolute atomic E-state index is 0.216. The van der Waals surface area contributed by atoms with Gasteiger partial charge in [-0.1, -0.05) is 0 Å². The molecule has 0 unspecified atom stereocenters. The lowest BCUT2D eigenvalue weighted by Crippen LogP contribution is -2.35. The maximum Gasteiger partial charge on any atom is 0.271 e. The molecule has 0 aliphatic carbocycles. The summed E-state index contributed by atoms with van der Waals surface area (Å²) >= 11 is 0. The predicted molar refractivity (Wildman–Crippen MR) is 78.1 cm³/mol. The first kappa shape index (κ1) is 13.5. The molecule has 0 saturated carbocycles. The van der Waals surface area contributed by atoms with E-state index in [0.29, 0.717) is 11.7 Å². The van der Waals surface area contributed by atoms with Crippen LogP contribution in [0.3, 0.4) is 0 Å². The standard InChI is InChI=1S/C14H18N6O/c1-15-14(21)12-3-4-13(18-17-12)19-9-5-11(6-10-19)20-8-2-7-16-20/h2-4,7-8,11H,5-6,9-10H2,1H3,(H,15,21). The number of hydrogen-bond acceptors (Lipinski definition) is 5. The van der Waals surface area contributed by atoms with Crippen molar-refractivity contribution in [2.45, 2.75) is 18.9 Å². The highest BCUT2D eigenvalue weighted by Gasteiger charge is 2.22. The number of anilines is 1. The summed E-state index contributed by atoms with van der Waals surface area (Å²) in [5.74, 6) is 0.605. The summed E-state index contributed by atoms with van der Waals surface area (Å²) in [6.45, 7) is 1.83. The molecule has 21 heavy (non-hydrogen) atoms. The van der Waals surface area contributed by atoms with Crippen molar-refractivity contribution < 1.29 is 4.79 Å². The molecule has 7 nitrogen and oxygen atoms in total. The van der Waals surface area contributed by atoms with Crippen LogP contribution >= 0.6 is 0 Å². The van der Waals surface area contributed by atoms with Gasteiger partial charge in [0.1, 0.15) is 0 Å². The minimum Gasteiger partial charge on any atom is -0.355 e. The molecule has 3 heterocycles. The molecule has 1 amide bonds. The van der Waals surface area contributed by atoms with Gasteiger partial charge in [-0.15, -0.1) is 10.2 Å². The molecular formula is C14H18N6O. The number of rotatable bonds is 3. The van der Waals surface area contributed by atoms with Gasteiger partial charge in [-0.3, -0.25) is 9.48 Å². The van der Waals surface area contributed by atoms with E-state index in [1.807, 2.05) is 29.2 Å². The van der Waals surface area contributed by atoms with Gasteiger partial charge in [-0.05, 0) is 31.0 Å². The SMILES string of the molecule is CNC(=O)c1ccc(N2CCC(n3cccn3)CC2)nn1. The summed E-state index contributed by atoms with van der Waals surface area (Å²) in [7, 11) is 1.58. The second-order valence-corrected chi connectivity index (χ2v) is 5.06. The Balaban J connectivity index is 1.63. The van der Waals surface area contributed by atoms with Crippen LogP contribution in [-0.2, 0) is 0 Å². The Hall–Kier alpha value is -2.44. The molecule has 1 saturated heterocycles. The summed E-state index contributed by atoms with van der Waals surface area (Å²) in [6, 6.07) is 5.97. The Bertz CT molecular complexity index is 586. The average molecular weight is 286 g/mol. The molecule has 2 aromatic heterocycles. The van der Waals surface area contributed by atoms with Crippen LogP contribution in [0.15, 0.2) is 30.6 Å². The van der Waals surface area contributed by atoms with E-state index >= 15 is 0 Å². The molecule has 0 radical (unpaired) electrons. The van der Waals surface area contributed by atoms with Gasteiger partial charge in [0, 0.05) is 32.5 Å². The first-order valence-corrected chi connectivity index (χ1v) is 7.08. The number of amides is 1. The third kappa shape index (κ3) is 2.86. The second kappa shape index (κ2) is 5.90.